The van der Waals surface area contributed by atoms with Gasteiger partial charge in [-0.05, 0) is 25.7 Å². The highest BCUT2D eigenvalue weighted by Gasteiger charge is 2.47. The summed E-state index contributed by atoms with van der Waals surface area (Å²) in [7, 11) is 0. The minimum atomic E-state index is -0.354. The summed E-state index contributed by atoms with van der Waals surface area (Å²) in [6.45, 7) is -0.222. The molecule has 2 atom stereocenters. The second kappa shape index (κ2) is 6.46. The number of hydrogen-bond acceptors (Lipinski definition) is 4. The molecule has 1 aliphatic heterocycles. The Morgan fingerprint density at radius 1 is 1.12 bits per heavy atom. The molecule has 0 spiro atoms. The summed E-state index contributed by atoms with van der Waals surface area (Å²) in [5.41, 5.74) is 0. The van der Waals surface area contributed by atoms with Gasteiger partial charge in [0.05, 0.1) is 24.1 Å². The fraction of sp³-hybridized carbons (Fsp3) is 0.556. The van der Waals surface area contributed by atoms with Crippen LogP contribution >= 0.6 is 0 Å². The summed E-state index contributed by atoms with van der Waals surface area (Å²) in [5, 5.41) is 7.13. The minimum absolute atomic E-state index is 0.222. The highest BCUT2D eigenvalue weighted by molar-refractivity contribution is 6.08. The van der Waals surface area contributed by atoms with Gasteiger partial charge in [0.2, 0.25) is 17.7 Å². The van der Waals surface area contributed by atoms with Crippen LogP contribution in [0.3, 0.4) is 0 Å². The van der Waals surface area contributed by atoms with E-state index in [9.17, 15) is 14.4 Å². The fourth-order valence-electron chi connectivity index (χ4n) is 4.20. The van der Waals surface area contributed by atoms with Crippen LogP contribution in [0.25, 0.3) is 0 Å². The highest BCUT2D eigenvalue weighted by atomic mass is 16.2. The van der Waals surface area contributed by atoms with Gasteiger partial charge < -0.3 is 5.32 Å². The molecule has 3 amide bonds. The third kappa shape index (κ3) is 2.88. The number of hydrogen-bond donors (Lipinski definition) is 1. The van der Waals surface area contributed by atoms with Crippen LogP contribution in [0.2, 0.25) is 0 Å². The second-order valence-electron chi connectivity index (χ2n) is 7.07. The first-order valence-electron chi connectivity index (χ1n) is 8.98. The number of carbonyl (C=O) groups is 3. The van der Waals surface area contributed by atoms with Crippen LogP contribution in [0, 0.1) is 11.8 Å². The van der Waals surface area contributed by atoms with Crippen molar-refractivity contribution in [1.82, 2.24) is 14.7 Å². The van der Waals surface area contributed by atoms with Crippen LogP contribution in [0.4, 0.5) is 5.82 Å². The van der Waals surface area contributed by atoms with E-state index in [1.807, 2.05) is 16.8 Å². The molecule has 7 heteroatoms. The molecule has 7 nitrogen and oxygen atoms in total. The van der Waals surface area contributed by atoms with E-state index in [2.05, 4.69) is 10.4 Å². The largest absolute Gasteiger partial charge is 0.309 e. The number of fused-ring (bicyclic) bond motifs is 1. The van der Waals surface area contributed by atoms with Crippen LogP contribution in [0.1, 0.15) is 44.6 Å². The van der Waals surface area contributed by atoms with Crippen LogP contribution in [0.15, 0.2) is 24.4 Å². The Labute approximate surface area is 146 Å². The lowest BCUT2D eigenvalue weighted by Gasteiger charge is -2.17. The zero-order chi connectivity index (χ0) is 17.4. The molecule has 2 fully saturated rings. The van der Waals surface area contributed by atoms with Crippen LogP contribution in [-0.4, -0.2) is 38.9 Å². The van der Waals surface area contributed by atoms with Gasteiger partial charge in [0.25, 0.3) is 0 Å². The van der Waals surface area contributed by atoms with E-state index < -0.39 is 0 Å². The van der Waals surface area contributed by atoms with Gasteiger partial charge in [0.1, 0.15) is 12.4 Å². The summed E-state index contributed by atoms with van der Waals surface area (Å²) in [5.74, 6) is -0.760. The van der Waals surface area contributed by atoms with Crippen molar-refractivity contribution in [3.05, 3.63) is 24.4 Å². The maximum atomic E-state index is 12.4. The van der Waals surface area contributed by atoms with Gasteiger partial charge >= 0.3 is 0 Å². The number of imide groups is 1. The first-order valence-corrected chi connectivity index (χ1v) is 8.98. The van der Waals surface area contributed by atoms with E-state index in [4.69, 9.17) is 0 Å². The summed E-state index contributed by atoms with van der Waals surface area (Å²) in [6.07, 6.45) is 11.2. The third-order valence-corrected chi connectivity index (χ3v) is 5.51. The van der Waals surface area contributed by atoms with Crippen molar-refractivity contribution >= 4 is 23.5 Å². The van der Waals surface area contributed by atoms with E-state index in [1.54, 1.807) is 12.3 Å². The first-order chi connectivity index (χ1) is 12.1. The van der Waals surface area contributed by atoms with Crippen molar-refractivity contribution in [2.24, 2.45) is 11.8 Å². The van der Waals surface area contributed by atoms with Crippen molar-refractivity contribution < 1.29 is 14.4 Å². The Kier molecular flexibility index (Phi) is 4.15. The van der Waals surface area contributed by atoms with E-state index in [-0.39, 0.29) is 36.1 Å². The van der Waals surface area contributed by atoms with Crippen molar-refractivity contribution in [1.29, 1.82) is 0 Å². The average Bonchev–Trinajstić information content (AvgIpc) is 3.33. The molecule has 0 aromatic carbocycles. The number of anilines is 1. The number of amides is 3. The quantitative estimate of drug-likeness (QED) is 0.669. The zero-order valence-electron chi connectivity index (χ0n) is 14.1. The number of nitrogens with one attached hydrogen (secondary N) is 1. The van der Waals surface area contributed by atoms with Crippen LogP contribution in [-0.2, 0) is 14.4 Å². The summed E-state index contributed by atoms with van der Waals surface area (Å²) in [6, 6.07) is 2.07. The van der Waals surface area contributed by atoms with Crippen molar-refractivity contribution in [2.45, 2.75) is 44.6 Å². The van der Waals surface area contributed by atoms with Gasteiger partial charge in [0.15, 0.2) is 0 Å². The molecule has 4 rings (SSSR count). The summed E-state index contributed by atoms with van der Waals surface area (Å²) < 4.78 is 1.85. The van der Waals surface area contributed by atoms with Crippen LogP contribution in [0.5, 0.6) is 0 Å². The SMILES string of the molecule is O=C(CN1C(=O)[C@@H]2CC=CC[C@H]2C1=O)Nc1ccnn1C1CCCC1. The summed E-state index contributed by atoms with van der Waals surface area (Å²) >= 11 is 0. The highest BCUT2D eigenvalue weighted by Crippen LogP contribution is 2.35. The van der Waals surface area contributed by atoms with Gasteiger partial charge in [-0.25, -0.2) is 4.68 Å². The van der Waals surface area contributed by atoms with Crippen molar-refractivity contribution in [3.63, 3.8) is 0 Å². The van der Waals surface area contributed by atoms with Crippen LogP contribution < -0.4 is 5.32 Å². The Morgan fingerprint density at radius 3 is 2.40 bits per heavy atom. The average molecular weight is 342 g/mol. The van der Waals surface area contributed by atoms with Crippen molar-refractivity contribution in [2.75, 3.05) is 11.9 Å². The van der Waals surface area contributed by atoms with E-state index in [0.717, 1.165) is 17.7 Å². The Balaban J connectivity index is 1.42. The Bertz CT molecular complexity index is 706. The van der Waals surface area contributed by atoms with E-state index >= 15 is 0 Å². The summed E-state index contributed by atoms with van der Waals surface area (Å²) in [4.78, 5) is 38.4. The number of aromatic nitrogens is 2. The minimum Gasteiger partial charge on any atom is -0.309 e. The van der Waals surface area contributed by atoms with Crippen molar-refractivity contribution in [3.8, 4) is 0 Å². The standard InChI is InChI=1S/C18H22N4O3/c23-16(20-15-9-10-19-22(15)12-5-1-2-6-12)11-21-17(24)13-7-3-4-8-14(13)18(21)25/h3-4,9-10,12-14H,1-2,5-8,11H2,(H,20,23)/t13-,14-/m1/s1. The lowest BCUT2D eigenvalue weighted by molar-refractivity contribution is -0.142. The molecule has 25 heavy (non-hydrogen) atoms. The van der Waals surface area contributed by atoms with E-state index in [0.29, 0.717) is 24.7 Å². The maximum Gasteiger partial charge on any atom is 0.245 e. The number of rotatable bonds is 4. The molecule has 0 radical (unpaired) electrons. The molecule has 1 saturated carbocycles. The normalized spacial score (nSPS) is 26.3. The lowest BCUT2D eigenvalue weighted by Crippen LogP contribution is -2.38. The number of carbonyl (C=O) groups excluding carboxylic acids is 3. The number of likely N-dealkylation sites (tertiary alicyclic amines) is 1. The number of allylic oxidation sites excluding steroid dienone is 2. The molecule has 132 valence electrons. The molecule has 1 saturated heterocycles. The maximum absolute atomic E-state index is 12.4. The zero-order valence-corrected chi connectivity index (χ0v) is 14.1. The van der Waals surface area contributed by atoms with Gasteiger partial charge in [0, 0.05) is 6.07 Å². The smallest absolute Gasteiger partial charge is 0.245 e. The molecule has 2 aliphatic carbocycles. The number of nitrogens with zero attached hydrogens (tertiary/aromatic N) is 3. The topological polar surface area (TPSA) is 84.3 Å². The predicted molar refractivity (Wildman–Crippen MR) is 90.4 cm³/mol. The van der Waals surface area contributed by atoms with Gasteiger partial charge in [-0.15, -0.1) is 0 Å². The Morgan fingerprint density at radius 2 is 1.76 bits per heavy atom. The molecular weight excluding hydrogens is 320 g/mol. The van der Waals surface area contributed by atoms with Gasteiger partial charge in [-0.2, -0.15) is 5.10 Å². The molecular formula is C18H22N4O3. The molecule has 0 unspecified atom stereocenters. The lowest BCUT2D eigenvalue weighted by atomic mass is 9.85. The monoisotopic (exact) mass is 342 g/mol. The Hall–Kier alpha value is -2.44. The molecule has 1 N–H and O–H groups in total. The molecule has 1 aromatic rings. The van der Waals surface area contributed by atoms with Gasteiger partial charge in [-0.1, -0.05) is 25.0 Å². The van der Waals surface area contributed by atoms with Gasteiger partial charge in [-0.3, -0.25) is 19.3 Å². The molecule has 0 bridgehead atoms. The molecule has 2 heterocycles. The van der Waals surface area contributed by atoms with E-state index in [1.165, 1.54) is 12.8 Å². The third-order valence-electron chi connectivity index (χ3n) is 5.51. The predicted octanol–water partition coefficient (Wildman–Crippen LogP) is 1.89. The molecule has 3 aliphatic rings. The second-order valence-corrected chi connectivity index (χ2v) is 7.07. The molecule has 1 aromatic heterocycles. The fourth-order valence-corrected chi connectivity index (χ4v) is 4.20. The first kappa shape index (κ1) is 16.1.